The molecule has 1 aliphatic heterocycles. The maximum Gasteiger partial charge on any atom is 0.319 e. The van der Waals surface area contributed by atoms with Crippen molar-refractivity contribution < 1.29 is 9.59 Å². The fourth-order valence-electron chi connectivity index (χ4n) is 3.11. The summed E-state index contributed by atoms with van der Waals surface area (Å²) in [6.07, 6.45) is 2.18. The van der Waals surface area contributed by atoms with Crippen LogP contribution in [0.1, 0.15) is 31.2 Å². The predicted molar refractivity (Wildman–Crippen MR) is 102 cm³/mol. The van der Waals surface area contributed by atoms with Crippen molar-refractivity contribution in [3.63, 3.8) is 0 Å². The van der Waals surface area contributed by atoms with E-state index in [0.29, 0.717) is 18.5 Å². The van der Waals surface area contributed by atoms with Crippen molar-refractivity contribution in [2.24, 2.45) is 0 Å². The zero-order valence-corrected chi connectivity index (χ0v) is 15.2. The van der Waals surface area contributed by atoms with Gasteiger partial charge in [0.15, 0.2) is 0 Å². The third kappa shape index (κ3) is 4.59. The molecule has 2 aromatic rings. The van der Waals surface area contributed by atoms with Gasteiger partial charge in [0.1, 0.15) is 0 Å². The Labute approximate surface area is 153 Å². The largest absolute Gasteiger partial charge is 0.335 e. The van der Waals surface area contributed by atoms with Crippen molar-refractivity contribution in [1.82, 2.24) is 10.3 Å². The molecule has 0 bridgehead atoms. The zero-order valence-electron chi connectivity index (χ0n) is 15.2. The summed E-state index contributed by atoms with van der Waals surface area (Å²) in [5.41, 5.74) is 3.49. The Morgan fingerprint density at radius 1 is 1.23 bits per heavy atom. The maximum absolute atomic E-state index is 12.2. The van der Waals surface area contributed by atoms with Gasteiger partial charge in [-0.2, -0.15) is 0 Å². The highest BCUT2D eigenvalue weighted by Gasteiger charge is 2.21. The SMILES string of the molecule is Cc1cccc(C[C@@H](C)NC(=O)Nc2ccc(N3CCCC3=O)cc2)n1. The number of carbonyl (C=O) groups is 2. The number of urea groups is 1. The molecule has 1 saturated heterocycles. The number of benzene rings is 1. The average Bonchev–Trinajstić information content (AvgIpc) is 3.01. The number of nitrogens with zero attached hydrogens (tertiary/aromatic N) is 2. The second kappa shape index (κ2) is 7.99. The van der Waals surface area contributed by atoms with Gasteiger partial charge in [-0.05, 0) is 56.7 Å². The Balaban J connectivity index is 1.52. The number of nitrogens with one attached hydrogen (secondary N) is 2. The molecule has 6 heteroatoms. The Morgan fingerprint density at radius 2 is 2.00 bits per heavy atom. The average molecular weight is 352 g/mol. The third-order valence-corrected chi connectivity index (χ3v) is 4.35. The summed E-state index contributed by atoms with van der Waals surface area (Å²) in [5, 5.41) is 5.74. The number of aromatic nitrogens is 1. The van der Waals surface area contributed by atoms with Crippen molar-refractivity contribution >= 4 is 23.3 Å². The van der Waals surface area contributed by atoms with Gasteiger partial charge in [0.05, 0.1) is 0 Å². The van der Waals surface area contributed by atoms with Crippen LogP contribution in [-0.2, 0) is 11.2 Å². The molecule has 3 rings (SSSR count). The molecular formula is C20H24N4O2. The minimum atomic E-state index is -0.254. The fraction of sp³-hybridized carbons (Fsp3) is 0.350. The summed E-state index contributed by atoms with van der Waals surface area (Å²) < 4.78 is 0. The van der Waals surface area contributed by atoms with Crippen molar-refractivity contribution in [2.75, 3.05) is 16.8 Å². The summed E-state index contributed by atoms with van der Waals surface area (Å²) in [4.78, 5) is 30.2. The van der Waals surface area contributed by atoms with E-state index in [4.69, 9.17) is 0 Å². The van der Waals surface area contributed by atoms with Crippen molar-refractivity contribution in [3.8, 4) is 0 Å². The number of carbonyl (C=O) groups excluding carboxylic acids is 2. The molecule has 0 unspecified atom stereocenters. The number of aryl methyl sites for hydroxylation is 1. The van der Waals surface area contributed by atoms with E-state index in [0.717, 1.165) is 30.0 Å². The van der Waals surface area contributed by atoms with Gasteiger partial charge in [-0.25, -0.2) is 4.79 Å². The van der Waals surface area contributed by atoms with Crippen molar-refractivity contribution in [1.29, 1.82) is 0 Å². The Bertz CT molecular complexity index is 789. The quantitative estimate of drug-likeness (QED) is 0.867. The van der Waals surface area contributed by atoms with E-state index in [1.807, 2.05) is 56.3 Å². The molecule has 1 aliphatic rings. The van der Waals surface area contributed by atoms with Gasteiger partial charge in [-0.15, -0.1) is 0 Å². The highest BCUT2D eigenvalue weighted by atomic mass is 16.2. The molecule has 0 saturated carbocycles. The summed E-state index contributed by atoms with van der Waals surface area (Å²) in [6, 6.07) is 12.9. The standard InChI is InChI=1S/C20H24N4O2/c1-14-5-3-6-17(21-14)13-15(2)22-20(26)23-16-8-10-18(11-9-16)24-12-4-7-19(24)25/h3,5-6,8-11,15H,4,7,12-13H2,1-2H3,(H2,22,23,26)/t15-/m1/s1. The first kappa shape index (κ1) is 17.9. The topological polar surface area (TPSA) is 74.3 Å². The van der Waals surface area contributed by atoms with E-state index in [9.17, 15) is 9.59 Å². The van der Waals surface area contributed by atoms with Crippen LogP contribution in [0.2, 0.25) is 0 Å². The Morgan fingerprint density at radius 3 is 2.65 bits per heavy atom. The number of hydrogen-bond donors (Lipinski definition) is 2. The normalized spacial score (nSPS) is 15.0. The maximum atomic E-state index is 12.2. The van der Waals surface area contributed by atoms with Gasteiger partial charge < -0.3 is 15.5 Å². The second-order valence-electron chi connectivity index (χ2n) is 6.67. The van der Waals surface area contributed by atoms with Crippen LogP contribution >= 0.6 is 0 Å². The first-order chi connectivity index (χ1) is 12.5. The van der Waals surface area contributed by atoms with E-state index >= 15 is 0 Å². The lowest BCUT2D eigenvalue weighted by Crippen LogP contribution is -2.37. The molecule has 1 aromatic heterocycles. The van der Waals surface area contributed by atoms with Crippen molar-refractivity contribution in [3.05, 3.63) is 53.9 Å². The van der Waals surface area contributed by atoms with Crippen LogP contribution < -0.4 is 15.5 Å². The van der Waals surface area contributed by atoms with E-state index in [1.165, 1.54) is 0 Å². The summed E-state index contributed by atoms with van der Waals surface area (Å²) in [7, 11) is 0. The van der Waals surface area contributed by atoms with E-state index in [2.05, 4.69) is 15.6 Å². The number of rotatable bonds is 5. The first-order valence-electron chi connectivity index (χ1n) is 8.92. The molecule has 26 heavy (non-hydrogen) atoms. The number of pyridine rings is 1. The van der Waals surface area contributed by atoms with Crippen LogP contribution in [0.25, 0.3) is 0 Å². The van der Waals surface area contributed by atoms with Crippen LogP contribution in [0.5, 0.6) is 0 Å². The summed E-state index contributed by atoms with van der Waals surface area (Å²) >= 11 is 0. The molecule has 2 heterocycles. The van der Waals surface area contributed by atoms with Gasteiger partial charge in [-0.3, -0.25) is 9.78 Å². The predicted octanol–water partition coefficient (Wildman–Crippen LogP) is 3.27. The molecule has 1 fully saturated rings. The molecule has 0 radical (unpaired) electrons. The smallest absolute Gasteiger partial charge is 0.319 e. The van der Waals surface area contributed by atoms with E-state index < -0.39 is 0 Å². The minimum Gasteiger partial charge on any atom is -0.335 e. The number of hydrogen-bond acceptors (Lipinski definition) is 3. The zero-order chi connectivity index (χ0) is 18.5. The van der Waals surface area contributed by atoms with Gasteiger partial charge in [0, 0.05) is 48.2 Å². The van der Waals surface area contributed by atoms with Crippen LogP contribution in [0.4, 0.5) is 16.2 Å². The lowest BCUT2D eigenvalue weighted by atomic mass is 10.1. The van der Waals surface area contributed by atoms with Gasteiger partial charge in [-0.1, -0.05) is 6.07 Å². The van der Waals surface area contributed by atoms with Gasteiger partial charge >= 0.3 is 6.03 Å². The van der Waals surface area contributed by atoms with Gasteiger partial charge in [0.2, 0.25) is 5.91 Å². The monoisotopic (exact) mass is 352 g/mol. The number of amides is 3. The van der Waals surface area contributed by atoms with Crippen molar-refractivity contribution in [2.45, 2.75) is 39.2 Å². The highest BCUT2D eigenvalue weighted by molar-refractivity contribution is 5.96. The van der Waals surface area contributed by atoms with E-state index in [-0.39, 0.29) is 18.0 Å². The van der Waals surface area contributed by atoms with Gasteiger partial charge in [0.25, 0.3) is 0 Å². The Kier molecular flexibility index (Phi) is 5.51. The van der Waals surface area contributed by atoms with E-state index in [1.54, 1.807) is 4.90 Å². The lowest BCUT2D eigenvalue weighted by molar-refractivity contribution is -0.117. The summed E-state index contributed by atoms with van der Waals surface area (Å²) in [5.74, 6) is 0.155. The summed E-state index contributed by atoms with van der Waals surface area (Å²) in [6.45, 7) is 4.66. The molecule has 0 spiro atoms. The Hall–Kier alpha value is -2.89. The van der Waals surface area contributed by atoms with Crippen LogP contribution in [0, 0.1) is 6.92 Å². The molecule has 1 atom stereocenters. The molecule has 2 N–H and O–H groups in total. The molecule has 0 aliphatic carbocycles. The second-order valence-corrected chi connectivity index (χ2v) is 6.67. The molecule has 6 nitrogen and oxygen atoms in total. The third-order valence-electron chi connectivity index (χ3n) is 4.35. The fourth-order valence-corrected chi connectivity index (χ4v) is 3.11. The lowest BCUT2D eigenvalue weighted by Gasteiger charge is -2.17. The van der Waals surface area contributed by atoms with Crippen LogP contribution in [-0.4, -0.2) is 29.5 Å². The molecule has 136 valence electrons. The highest BCUT2D eigenvalue weighted by Crippen LogP contribution is 2.22. The molecule has 1 aromatic carbocycles. The number of anilines is 2. The first-order valence-corrected chi connectivity index (χ1v) is 8.92. The minimum absolute atomic E-state index is 0.0363. The van der Waals surface area contributed by atoms with Crippen LogP contribution in [0.15, 0.2) is 42.5 Å². The molecular weight excluding hydrogens is 328 g/mol. The van der Waals surface area contributed by atoms with Crippen LogP contribution in [0.3, 0.4) is 0 Å². The molecule has 3 amide bonds.